The third-order valence-electron chi connectivity index (χ3n) is 2.28. The molecular weight excluding hydrogens is 178 g/mol. The Balaban J connectivity index is 3.04. The molecule has 0 radical (unpaired) electrons. The van der Waals surface area contributed by atoms with Crippen LogP contribution in [0.4, 0.5) is 0 Å². The zero-order valence-corrected chi connectivity index (χ0v) is 8.91. The fraction of sp³-hybridized carbons (Fsp3) is 0.455. The van der Waals surface area contributed by atoms with Gasteiger partial charge in [-0.1, -0.05) is 13.0 Å². The van der Waals surface area contributed by atoms with Crippen LogP contribution in [0, 0.1) is 0 Å². The smallest absolute Gasteiger partial charge is 0.127 e. The minimum Gasteiger partial charge on any atom is -0.497 e. The van der Waals surface area contributed by atoms with Gasteiger partial charge in [-0.25, -0.2) is 0 Å². The van der Waals surface area contributed by atoms with E-state index in [-0.39, 0.29) is 6.04 Å². The number of nitrogens with two attached hydrogens (primary N) is 1. The van der Waals surface area contributed by atoms with E-state index < -0.39 is 0 Å². The summed E-state index contributed by atoms with van der Waals surface area (Å²) in [6, 6.07) is 5.72. The van der Waals surface area contributed by atoms with E-state index in [1.54, 1.807) is 14.2 Å². The van der Waals surface area contributed by atoms with Crippen molar-refractivity contribution in [1.82, 2.24) is 0 Å². The van der Waals surface area contributed by atoms with Gasteiger partial charge in [-0.05, 0) is 12.5 Å². The van der Waals surface area contributed by atoms with Gasteiger partial charge in [0.15, 0.2) is 0 Å². The fourth-order valence-corrected chi connectivity index (χ4v) is 1.34. The maximum atomic E-state index is 5.94. The molecule has 0 bridgehead atoms. The molecule has 0 saturated heterocycles. The second-order valence-electron chi connectivity index (χ2n) is 3.12. The summed E-state index contributed by atoms with van der Waals surface area (Å²) in [5.74, 6) is 1.58. The van der Waals surface area contributed by atoms with E-state index in [0.717, 1.165) is 23.5 Å². The van der Waals surface area contributed by atoms with Crippen LogP contribution in [0.15, 0.2) is 18.2 Å². The molecule has 1 rings (SSSR count). The monoisotopic (exact) mass is 195 g/mol. The highest BCUT2D eigenvalue weighted by Crippen LogP contribution is 2.29. The van der Waals surface area contributed by atoms with Crippen LogP contribution in [0.25, 0.3) is 0 Å². The Morgan fingerprint density at radius 2 is 2.00 bits per heavy atom. The molecule has 1 atom stereocenters. The molecule has 0 heterocycles. The Morgan fingerprint density at radius 3 is 2.50 bits per heavy atom. The molecule has 1 aromatic rings. The van der Waals surface area contributed by atoms with Crippen LogP contribution in [0.1, 0.15) is 24.9 Å². The van der Waals surface area contributed by atoms with Crippen LogP contribution in [-0.2, 0) is 0 Å². The van der Waals surface area contributed by atoms with Crippen molar-refractivity contribution in [2.75, 3.05) is 14.2 Å². The zero-order valence-electron chi connectivity index (χ0n) is 8.91. The maximum absolute atomic E-state index is 5.94. The maximum Gasteiger partial charge on any atom is 0.127 e. The van der Waals surface area contributed by atoms with Gasteiger partial charge < -0.3 is 15.2 Å². The Labute approximate surface area is 84.8 Å². The lowest BCUT2D eigenvalue weighted by molar-refractivity contribution is 0.388. The normalized spacial score (nSPS) is 12.3. The second kappa shape index (κ2) is 4.86. The molecule has 0 aliphatic heterocycles. The lowest BCUT2D eigenvalue weighted by atomic mass is 10.0. The number of hydrogen-bond acceptors (Lipinski definition) is 3. The Morgan fingerprint density at radius 1 is 1.29 bits per heavy atom. The summed E-state index contributed by atoms with van der Waals surface area (Å²) in [4.78, 5) is 0. The summed E-state index contributed by atoms with van der Waals surface area (Å²) in [7, 11) is 3.27. The molecule has 3 heteroatoms. The van der Waals surface area contributed by atoms with E-state index in [2.05, 4.69) is 0 Å². The summed E-state index contributed by atoms with van der Waals surface area (Å²) in [5, 5.41) is 0. The topological polar surface area (TPSA) is 44.5 Å². The van der Waals surface area contributed by atoms with Crippen molar-refractivity contribution >= 4 is 0 Å². The molecule has 0 unspecified atom stereocenters. The number of ether oxygens (including phenoxy) is 2. The summed E-state index contributed by atoms with van der Waals surface area (Å²) in [6.07, 6.45) is 0.892. The first kappa shape index (κ1) is 10.9. The fourth-order valence-electron chi connectivity index (χ4n) is 1.34. The van der Waals surface area contributed by atoms with Crippen LogP contribution in [0.5, 0.6) is 11.5 Å². The molecule has 0 aliphatic carbocycles. The highest BCUT2D eigenvalue weighted by atomic mass is 16.5. The van der Waals surface area contributed by atoms with Gasteiger partial charge in [0.05, 0.1) is 14.2 Å². The molecule has 0 aromatic heterocycles. The van der Waals surface area contributed by atoms with Crippen molar-refractivity contribution in [2.24, 2.45) is 5.73 Å². The molecule has 0 aliphatic rings. The van der Waals surface area contributed by atoms with Crippen molar-refractivity contribution in [3.05, 3.63) is 23.8 Å². The van der Waals surface area contributed by atoms with Crippen LogP contribution >= 0.6 is 0 Å². The lowest BCUT2D eigenvalue weighted by Gasteiger charge is -2.14. The van der Waals surface area contributed by atoms with Gasteiger partial charge in [-0.3, -0.25) is 0 Å². The Bertz CT molecular complexity index is 299. The van der Waals surface area contributed by atoms with E-state index in [0.29, 0.717) is 0 Å². The molecule has 0 spiro atoms. The van der Waals surface area contributed by atoms with E-state index in [1.807, 2.05) is 25.1 Å². The van der Waals surface area contributed by atoms with Crippen molar-refractivity contribution in [3.63, 3.8) is 0 Å². The van der Waals surface area contributed by atoms with Crippen LogP contribution in [0.2, 0.25) is 0 Å². The highest BCUT2D eigenvalue weighted by Gasteiger charge is 2.10. The van der Waals surface area contributed by atoms with Gasteiger partial charge in [-0.15, -0.1) is 0 Å². The first-order valence-corrected chi connectivity index (χ1v) is 4.70. The number of rotatable bonds is 4. The molecule has 0 saturated carbocycles. The Hall–Kier alpha value is -1.22. The molecule has 2 N–H and O–H groups in total. The van der Waals surface area contributed by atoms with Gasteiger partial charge in [0.1, 0.15) is 11.5 Å². The highest BCUT2D eigenvalue weighted by molar-refractivity contribution is 5.42. The summed E-state index contributed by atoms with van der Waals surface area (Å²) >= 11 is 0. The van der Waals surface area contributed by atoms with Gasteiger partial charge in [0.2, 0.25) is 0 Å². The molecule has 78 valence electrons. The van der Waals surface area contributed by atoms with Gasteiger partial charge in [-0.2, -0.15) is 0 Å². The molecule has 14 heavy (non-hydrogen) atoms. The minimum atomic E-state index is 0.0239. The molecule has 0 amide bonds. The van der Waals surface area contributed by atoms with Crippen LogP contribution < -0.4 is 15.2 Å². The first-order chi connectivity index (χ1) is 6.72. The van der Waals surface area contributed by atoms with E-state index in [1.165, 1.54) is 0 Å². The third kappa shape index (κ3) is 2.17. The minimum absolute atomic E-state index is 0.0239. The number of benzene rings is 1. The zero-order chi connectivity index (χ0) is 10.6. The molecular formula is C11H17NO2. The molecule has 1 aromatic carbocycles. The largest absolute Gasteiger partial charge is 0.497 e. The average molecular weight is 195 g/mol. The van der Waals surface area contributed by atoms with E-state index in [9.17, 15) is 0 Å². The van der Waals surface area contributed by atoms with Crippen molar-refractivity contribution in [1.29, 1.82) is 0 Å². The first-order valence-electron chi connectivity index (χ1n) is 4.70. The molecule has 3 nitrogen and oxygen atoms in total. The van der Waals surface area contributed by atoms with Gasteiger partial charge in [0.25, 0.3) is 0 Å². The van der Waals surface area contributed by atoms with Crippen LogP contribution in [-0.4, -0.2) is 14.2 Å². The SMILES string of the molecule is CC[C@@H](N)c1ccc(OC)cc1OC. The predicted octanol–water partition coefficient (Wildman–Crippen LogP) is 2.11. The van der Waals surface area contributed by atoms with Gasteiger partial charge >= 0.3 is 0 Å². The van der Waals surface area contributed by atoms with Crippen LogP contribution in [0.3, 0.4) is 0 Å². The van der Waals surface area contributed by atoms with E-state index in [4.69, 9.17) is 15.2 Å². The van der Waals surface area contributed by atoms with Crippen molar-refractivity contribution in [3.8, 4) is 11.5 Å². The van der Waals surface area contributed by atoms with Crippen molar-refractivity contribution < 1.29 is 9.47 Å². The number of methoxy groups -OCH3 is 2. The predicted molar refractivity (Wildman–Crippen MR) is 56.8 cm³/mol. The second-order valence-corrected chi connectivity index (χ2v) is 3.12. The van der Waals surface area contributed by atoms with Crippen molar-refractivity contribution in [2.45, 2.75) is 19.4 Å². The summed E-state index contributed by atoms with van der Waals surface area (Å²) < 4.78 is 10.4. The number of hydrogen-bond donors (Lipinski definition) is 1. The molecule has 0 fully saturated rings. The summed E-state index contributed by atoms with van der Waals surface area (Å²) in [5.41, 5.74) is 6.97. The standard InChI is InChI=1S/C11H17NO2/c1-4-10(12)9-6-5-8(13-2)7-11(9)14-3/h5-7,10H,4,12H2,1-3H3/t10-/m1/s1. The third-order valence-corrected chi connectivity index (χ3v) is 2.28. The van der Waals surface area contributed by atoms with Gasteiger partial charge in [0, 0.05) is 17.7 Å². The average Bonchev–Trinajstić information content (AvgIpc) is 2.27. The quantitative estimate of drug-likeness (QED) is 0.800. The Kier molecular flexibility index (Phi) is 3.77. The lowest BCUT2D eigenvalue weighted by Crippen LogP contribution is -2.10. The summed E-state index contributed by atoms with van der Waals surface area (Å²) in [6.45, 7) is 2.05. The van der Waals surface area contributed by atoms with E-state index >= 15 is 0 Å².